The van der Waals surface area contributed by atoms with E-state index in [4.69, 9.17) is 16.7 Å². The zero-order valence-electron chi connectivity index (χ0n) is 8.43. The SMILES string of the molecule is OCCN(Cc1cnc(Cl)cn1)C1CC1. The van der Waals surface area contributed by atoms with Crippen molar-refractivity contribution in [3.8, 4) is 0 Å². The van der Waals surface area contributed by atoms with Gasteiger partial charge in [-0.15, -0.1) is 0 Å². The lowest BCUT2D eigenvalue weighted by molar-refractivity contribution is 0.182. The summed E-state index contributed by atoms with van der Waals surface area (Å²) in [6, 6.07) is 0.620. The fourth-order valence-electron chi connectivity index (χ4n) is 1.59. The number of rotatable bonds is 5. The standard InChI is InChI=1S/C10H14ClN3O/c11-10-6-12-8(5-13-10)7-14(3-4-15)9-1-2-9/h5-6,9,15H,1-4,7H2. The fourth-order valence-corrected chi connectivity index (χ4v) is 1.69. The van der Waals surface area contributed by atoms with Crippen LogP contribution in [0.1, 0.15) is 18.5 Å². The van der Waals surface area contributed by atoms with Gasteiger partial charge in [-0.05, 0) is 12.8 Å². The molecule has 5 heteroatoms. The third kappa shape index (κ3) is 3.12. The van der Waals surface area contributed by atoms with Crippen molar-refractivity contribution in [2.75, 3.05) is 13.2 Å². The Labute approximate surface area is 93.9 Å². The van der Waals surface area contributed by atoms with Crippen LogP contribution in [0.15, 0.2) is 12.4 Å². The number of halogens is 1. The zero-order chi connectivity index (χ0) is 10.7. The largest absolute Gasteiger partial charge is 0.395 e. The molecule has 1 N–H and O–H groups in total. The third-order valence-electron chi connectivity index (χ3n) is 2.49. The van der Waals surface area contributed by atoms with Crippen LogP contribution in [0.5, 0.6) is 0 Å². The lowest BCUT2D eigenvalue weighted by atomic mass is 10.3. The summed E-state index contributed by atoms with van der Waals surface area (Å²) in [6.07, 6.45) is 5.69. The van der Waals surface area contributed by atoms with Gasteiger partial charge in [0.05, 0.1) is 24.7 Å². The van der Waals surface area contributed by atoms with E-state index in [2.05, 4.69) is 14.9 Å². The zero-order valence-corrected chi connectivity index (χ0v) is 9.19. The van der Waals surface area contributed by atoms with Crippen LogP contribution in [-0.2, 0) is 6.54 Å². The average molecular weight is 228 g/mol. The molecule has 1 aromatic rings. The lowest BCUT2D eigenvalue weighted by Crippen LogP contribution is -2.29. The molecule has 0 amide bonds. The maximum absolute atomic E-state index is 8.94. The highest BCUT2D eigenvalue weighted by Gasteiger charge is 2.28. The van der Waals surface area contributed by atoms with Crippen molar-refractivity contribution in [2.24, 2.45) is 0 Å². The predicted octanol–water partition coefficient (Wildman–Crippen LogP) is 1.09. The highest BCUT2D eigenvalue weighted by Crippen LogP contribution is 2.27. The van der Waals surface area contributed by atoms with Gasteiger partial charge in [0.25, 0.3) is 0 Å². The van der Waals surface area contributed by atoms with Crippen LogP contribution in [0.4, 0.5) is 0 Å². The quantitative estimate of drug-likeness (QED) is 0.818. The van der Waals surface area contributed by atoms with Gasteiger partial charge in [-0.2, -0.15) is 0 Å². The number of nitrogens with zero attached hydrogens (tertiary/aromatic N) is 3. The summed E-state index contributed by atoms with van der Waals surface area (Å²) in [5.41, 5.74) is 0.903. The highest BCUT2D eigenvalue weighted by atomic mass is 35.5. The van der Waals surface area contributed by atoms with Crippen LogP contribution in [0.2, 0.25) is 5.15 Å². The first-order valence-electron chi connectivity index (χ1n) is 5.11. The molecule has 82 valence electrons. The summed E-state index contributed by atoms with van der Waals surface area (Å²) in [5, 5.41) is 9.35. The Morgan fingerprint density at radius 1 is 1.40 bits per heavy atom. The Morgan fingerprint density at radius 3 is 2.73 bits per heavy atom. The van der Waals surface area contributed by atoms with Gasteiger partial charge in [0.1, 0.15) is 5.15 Å². The van der Waals surface area contributed by atoms with Crippen LogP contribution < -0.4 is 0 Å². The van der Waals surface area contributed by atoms with Crippen molar-refractivity contribution < 1.29 is 5.11 Å². The van der Waals surface area contributed by atoms with Gasteiger partial charge < -0.3 is 5.11 Å². The minimum absolute atomic E-state index is 0.192. The van der Waals surface area contributed by atoms with Gasteiger partial charge >= 0.3 is 0 Å². The molecule has 15 heavy (non-hydrogen) atoms. The van der Waals surface area contributed by atoms with Crippen LogP contribution in [0.25, 0.3) is 0 Å². The Kier molecular flexibility index (Phi) is 3.51. The molecular formula is C10H14ClN3O. The average Bonchev–Trinajstić information content (AvgIpc) is 3.04. The Hall–Kier alpha value is -0.710. The summed E-state index contributed by atoms with van der Waals surface area (Å²) in [4.78, 5) is 10.4. The van der Waals surface area contributed by atoms with E-state index >= 15 is 0 Å². The molecule has 0 saturated heterocycles. The number of aliphatic hydroxyl groups excluding tert-OH is 1. The van der Waals surface area contributed by atoms with Gasteiger partial charge in [-0.25, -0.2) is 4.98 Å². The molecule has 1 saturated carbocycles. The minimum Gasteiger partial charge on any atom is -0.395 e. The molecule has 1 aliphatic carbocycles. The van der Waals surface area contributed by atoms with E-state index in [9.17, 15) is 0 Å². The van der Waals surface area contributed by atoms with Crippen molar-refractivity contribution >= 4 is 11.6 Å². The van der Waals surface area contributed by atoms with Crippen molar-refractivity contribution in [3.05, 3.63) is 23.2 Å². The van der Waals surface area contributed by atoms with E-state index in [1.54, 1.807) is 12.4 Å². The van der Waals surface area contributed by atoms with E-state index < -0.39 is 0 Å². The van der Waals surface area contributed by atoms with Crippen molar-refractivity contribution in [1.29, 1.82) is 0 Å². The second kappa shape index (κ2) is 4.88. The van der Waals surface area contributed by atoms with E-state index in [0.29, 0.717) is 17.7 Å². The summed E-state index contributed by atoms with van der Waals surface area (Å²) in [5.74, 6) is 0. The normalized spacial score (nSPS) is 15.9. The van der Waals surface area contributed by atoms with Crippen molar-refractivity contribution in [3.63, 3.8) is 0 Å². The number of aromatic nitrogens is 2. The molecule has 0 unspecified atom stereocenters. The van der Waals surface area contributed by atoms with Gasteiger partial charge in [0.15, 0.2) is 0 Å². The summed E-state index contributed by atoms with van der Waals surface area (Å²) in [7, 11) is 0. The van der Waals surface area contributed by atoms with Crippen LogP contribution in [0, 0.1) is 0 Å². The molecule has 0 radical (unpaired) electrons. The van der Waals surface area contributed by atoms with E-state index in [1.807, 2.05) is 0 Å². The third-order valence-corrected chi connectivity index (χ3v) is 2.68. The first kappa shape index (κ1) is 10.8. The topological polar surface area (TPSA) is 49.2 Å². The van der Waals surface area contributed by atoms with E-state index in [-0.39, 0.29) is 6.61 Å². The van der Waals surface area contributed by atoms with Gasteiger partial charge in [0, 0.05) is 19.1 Å². The molecular weight excluding hydrogens is 214 g/mol. The first-order valence-corrected chi connectivity index (χ1v) is 5.48. The Balaban J connectivity index is 1.95. The number of hydrogen-bond acceptors (Lipinski definition) is 4. The fraction of sp³-hybridized carbons (Fsp3) is 0.600. The van der Waals surface area contributed by atoms with Gasteiger partial charge in [-0.1, -0.05) is 11.6 Å². The molecule has 1 aromatic heterocycles. The molecule has 1 heterocycles. The molecule has 0 spiro atoms. The molecule has 4 nitrogen and oxygen atoms in total. The summed E-state index contributed by atoms with van der Waals surface area (Å²) >= 11 is 5.66. The minimum atomic E-state index is 0.192. The summed E-state index contributed by atoms with van der Waals surface area (Å²) in [6.45, 7) is 1.64. The maximum atomic E-state index is 8.94. The number of aliphatic hydroxyl groups is 1. The molecule has 0 aliphatic heterocycles. The smallest absolute Gasteiger partial charge is 0.147 e. The predicted molar refractivity (Wildman–Crippen MR) is 57.6 cm³/mol. The van der Waals surface area contributed by atoms with Crippen LogP contribution >= 0.6 is 11.6 Å². The van der Waals surface area contributed by atoms with Crippen LogP contribution in [0.3, 0.4) is 0 Å². The highest BCUT2D eigenvalue weighted by molar-refractivity contribution is 6.29. The maximum Gasteiger partial charge on any atom is 0.147 e. The molecule has 0 atom stereocenters. The van der Waals surface area contributed by atoms with E-state index in [1.165, 1.54) is 12.8 Å². The van der Waals surface area contributed by atoms with Crippen molar-refractivity contribution in [1.82, 2.24) is 14.9 Å². The second-order valence-corrected chi connectivity index (χ2v) is 4.14. The molecule has 2 rings (SSSR count). The number of hydrogen-bond donors (Lipinski definition) is 1. The first-order chi connectivity index (χ1) is 7.29. The second-order valence-electron chi connectivity index (χ2n) is 3.76. The Bertz CT molecular complexity index is 313. The monoisotopic (exact) mass is 227 g/mol. The van der Waals surface area contributed by atoms with Crippen molar-refractivity contribution in [2.45, 2.75) is 25.4 Å². The molecule has 1 fully saturated rings. The lowest BCUT2D eigenvalue weighted by Gasteiger charge is -2.19. The molecule has 0 bridgehead atoms. The Morgan fingerprint density at radius 2 is 2.20 bits per heavy atom. The summed E-state index contributed by atoms with van der Waals surface area (Å²) < 4.78 is 0. The van der Waals surface area contributed by atoms with Gasteiger partial charge in [-0.3, -0.25) is 9.88 Å². The molecule has 1 aliphatic rings. The van der Waals surface area contributed by atoms with E-state index in [0.717, 1.165) is 12.2 Å². The van der Waals surface area contributed by atoms with Gasteiger partial charge in [0.2, 0.25) is 0 Å². The molecule has 0 aromatic carbocycles. The van der Waals surface area contributed by atoms with Crippen LogP contribution in [-0.4, -0.2) is 39.2 Å².